The van der Waals surface area contributed by atoms with E-state index in [-0.39, 0.29) is 6.54 Å². The van der Waals surface area contributed by atoms with E-state index in [1.807, 2.05) is 0 Å². The average molecular weight is 180 g/mol. The van der Waals surface area contributed by atoms with Crippen molar-refractivity contribution in [1.29, 1.82) is 0 Å². The number of nitrogen functional groups attached to an aromatic ring is 1. The normalized spacial score (nSPS) is 12.0. The van der Waals surface area contributed by atoms with Gasteiger partial charge in [-0.1, -0.05) is 5.21 Å². The molecule has 68 valence electrons. The summed E-state index contributed by atoms with van der Waals surface area (Å²) in [4.78, 5) is 0. The van der Waals surface area contributed by atoms with Crippen LogP contribution in [-0.2, 0) is 12.7 Å². The third-order valence-corrected chi connectivity index (χ3v) is 1.33. The Labute approximate surface area is 66.2 Å². The Kier molecular flexibility index (Phi) is 1.95. The van der Waals surface area contributed by atoms with E-state index >= 15 is 0 Å². The second kappa shape index (κ2) is 2.65. The summed E-state index contributed by atoms with van der Waals surface area (Å²) in [6.07, 6.45) is -4.48. The smallest absolute Gasteiger partial charge is 0.380 e. The maximum atomic E-state index is 12.1. The molecule has 0 saturated heterocycles. The predicted octanol–water partition coefficient (Wildman–Crippen LogP) is 0.899. The quantitative estimate of drug-likeness (QED) is 0.698. The number of aromatic nitrogens is 3. The van der Waals surface area contributed by atoms with E-state index in [1.54, 1.807) is 0 Å². The number of rotatable bonds is 1. The van der Waals surface area contributed by atoms with Crippen molar-refractivity contribution in [1.82, 2.24) is 15.0 Å². The number of hydrogen-bond donors (Lipinski definition) is 1. The summed E-state index contributed by atoms with van der Waals surface area (Å²) in [6, 6.07) is 0. The van der Waals surface area contributed by atoms with Crippen LogP contribution in [0.3, 0.4) is 0 Å². The van der Waals surface area contributed by atoms with Crippen molar-refractivity contribution in [3.63, 3.8) is 0 Å². The van der Waals surface area contributed by atoms with Gasteiger partial charge < -0.3 is 5.73 Å². The van der Waals surface area contributed by atoms with Gasteiger partial charge in [0.2, 0.25) is 0 Å². The van der Waals surface area contributed by atoms with Crippen molar-refractivity contribution < 1.29 is 13.2 Å². The molecule has 7 heteroatoms. The van der Waals surface area contributed by atoms with Crippen LogP contribution in [0.2, 0.25) is 0 Å². The molecular formula is C5H7F3N4. The predicted molar refractivity (Wildman–Crippen MR) is 35.1 cm³/mol. The molecule has 1 heterocycles. The minimum atomic E-state index is -4.48. The van der Waals surface area contributed by atoms with E-state index in [0.29, 0.717) is 0 Å². The molecule has 0 fully saturated rings. The first-order chi connectivity index (χ1) is 5.46. The van der Waals surface area contributed by atoms with Gasteiger partial charge in [-0.3, -0.25) is 0 Å². The molecule has 0 radical (unpaired) electrons. The van der Waals surface area contributed by atoms with Crippen molar-refractivity contribution in [2.75, 3.05) is 5.73 Å². The molecule has 0 aliphatic carbocycles. The average Bonchev–Trinajstić information content (AvgIpc) is 2.29. The molecule has 0 amide bonds. The van der Waals surface area contributed by atoms with Crippen LogP contribution < -0.4 is 5.73 Å². The van der Waals surface area contributed by atoms with Crippen molar-refractivity contribution in [2.24, 2.45) is 0 Å². The topological polar surface area (TPSA) is 56.7 Å². The third kappa shape index (κ3) is 1.34. The van der Waals surface area contributed by atoms with Gasteiger partial charge in [0, 0.05) is 6.54 Å². The Morgan fingerprint density at radius 3 is 2.42 bits per heavy atom. The van der Waals surface area contributed by atoms with Crippen LogP contribution in [0, 0.1) is 0 Å². The fourth-order valence-electron chi connectivity index (χ4n) is 0.839. The van der Waals surface area contributed by atoms with Crippen molar-refractivity contribution >= 4 is 5.82 Å². The molecule has 1 rings (SSSR count). The van der Waals surface area contributed by atoms with Gasteiger partial charge in [-0.2, -0.15) is 13.2 Å². The fraction of sp³-hybridized carbons (Fsp3) is 0.600. The van der Waals surface area contributed by atoms with Gasteiger partial charge in [0.05, 0.1) is 0 Å². The Hall–Kier alpha value is -1.27. The highest BCUT2D eigenvalue weighted by Gasteiger charge is 2.38. The first-order valence-electron chi connectivity index (χ1n) is 3.23. The zero-order valence-electron chi connectivity index (χ0n) is 6.26. The van der Waals surface area contributed by atoms with Gasteiger partial charge in [-0.05, 0) is 6.92 Å². The monoisotopic (exact) mass is 180 g/mol. The second-order valence-corrected chi connectivity index (χ2v) is 2.14. The first-order valence-corrected chi connectivity index (χ1v) is 3.23. The lowest BCUT2D eigenvalue weighted by Gasteiger charge is -2.07. The van der Waals surface area contributed by atoms with Crippen LogP contribution in [0.25, 0.3) is 0 Å². The van der Waals surface area contributed by atoms with Gasteiger partial charge >= 0.3 is 6.18 Å². The minimum absolute atomic E-state index is 0.0963. The standard InChI is InChI=1S/C5H7F3N4/c1-2-12-3(5(6,7)8)4(9)10-11-12/h2,9H2,1H3. The van der Waals surface area contributed by atoms with Crippen molar-refractivity contribution in [3.05, 3.63) is 5.69 Å². The van der Waals surface area contributed by atoms with Gasteiger partial charge in [-0.15, -0.1) is 5.10 Å². The largest absolute Gasteiger partial charge is 0.436 e. The first kappa shape index (κ1) is 8.82. The molecule has 12 heavy (non-hydrogen) atoms. The molecule has 0 spiro atoms. The summed E-state index contributed by atoms with van der Waals surface area (Å²) in [6.45, 7) is 1.63. The number of halogens is 3. The molecule has 0 saturated carbocycles. The summed E-state index contributed by atoms with van der Waals surface area (Å²) in [5.41, 5.74) is 4.01. The summed E-state index contributed by atoms with van der Waals surface area (Å²) >= 11 is 0. The Morgan fingerprint density at radius 2 is 2.08 bits per heavy atom. The van der Waals surface area contributed by atoms with E-state index in [4.69, 9.17) is 5.73 Å². The van der Waals surface area contributed by atoms with E-state index in [1.165, 1.54) is 6.92 Å². The maximum Gasteiger partial charge on any atom is 0.436 e. The van der Waals surface area contributed by atoms with Gasteiger partial charge in [0.25, 0.3) is 0 Å². The minimum Gasteiger partial charge on any atom is -0.380 e. The lowest BCUT2D eigenvalue weighted by atomic mass is 10.4. The van der Waals surface area contributed by atoms with E-state index in [0.717, 1.165) is 4.68 Å². The number of anilines is 1. The zero-order chi connectivity index (χ0) is 9.35. The van der Waals surface area contributed by atoms with Gasteiger partial charge in [0.1, 0.15) is 0 Å². The van der Waals surface area contributed by atoms with E-state index < -0.39 is 17.7 Å². The highest BCUT2D eigenvalue weighted by atomic mass is 19.4. The molecule has 0 aliphatic rings. The highest BCUT2D eigenvalue weighted by Crippen LogP contribution is 2.31. The van der Waals surface area contributed by atoms with Crippen molar-refractivity contribution in [3.8, 4) is 0 Å². The zero-order valence-corrected chi connectivity index (χ0v) is 6.26. The molecule has 0 aliphatic heterocycles. The molecule has 1 aromatic heterocycles. The van der Waals surface area contributed by atoms with Gasteiger partial charge in [-0.25, -0.2) is 4.68 Å². The van der Waals surface area contributed by atoms with Crippen LogP contribution in [0.4, 0.5) is 19.0 Å². The lowest BCUT2D eigenvalue weighted by molar-refractivity contribution is -0.143. The fourth-order valence-corrected chi connectivity index (χ4v) is 0.839. The van der Waals surface area contributed by atoms with Crippen LogP contribution in [-0.4, -0.2) is 15.0 Å². The molecular weight excluding hydrogens is 173 g/mol. The Morgan fingerprint density at radius 1 is 1.50 bits per heavy atom. The number of alkyl halides is 3. The maximum absolute atomic E-state index is 12.1. The molecule has 0 unspecified atom stereocenters. The third-order valence-electron chi connectivity index (χ3n) is 1.33. The molecule has 0 atom stereocenters. The van der Waals surface area contributed by atoms with E-state index in [2.05, 4.69) is 10.3 Å². The van der Waals surface area contributed by atoms with Crippen LogP contribution in [0.1, 0.15) is 12.6 Å². The highest BCUT2D eigenvalue weighted by molar-refractivity contribution is 5.34. The van der Waals surface area contributed by atoms with Crippen LogP contribution >= 0.6 is 0 Å². The molecule has 4 nitrogen and oxygen atoms in total. The molecule has 2 N–H and O–H groups in total. The number of hydrogen-bond acceptors (Lipinski definition) is 3. The van der Waals surface area contributed by atoms with E-state index in [9.17, 15) is 13.2 Å². The van der Waals surface area contributed by atoms with Crippen molar-refractivity contribution in [2.45, 2.75) is 19.6 Å². The summed E-state index contributed by atoms with van der Waals surface area (Å²) < 4.78 is 37.2. The van der Waals surface area contributed by atoms with Gasteiger partial charge in [0.15, 0.2) is 11.5 Å². The second-order valence-electron chi connectivity index (χ2n) is 2.14. The molecule has 1 aromatic rings. The SMILES string of the molecule is CCn1nnc(N)c1C(F)(F)F. The molecule has 0 aromatic carbocycles. The summed E-state index contributed by atoms with van der Waals surface area (Å²) in [7, 11) is 0. The number of nitrogens with two attached hydrogens (primary N) is 1. The number of aryl methyl sites for hydroxylation is 1. The van der Waals surface area contributed by atoms with Crippen LogP contribution in [0.15, 0.2) is 0 Å². The Balaban J connectivity index is 3.19. The lowest BCUT2D eigenvalue weighted by Crippen LogP contribution is -2.15. The van der Waals surface area contributed by atoms with Crippen LogP contribution in [0.5, 0.6) is 0 Å². The molecule has 0 bridgehead atoms. The Bertz CT molecular complexity index is 277. The summed E-state index contributed by atoms with van der Waals surface area (Å²) in [5, 5.41) is 6.35. The number of nitrogens with zero attached hydrogens (tertiary/aromatic N) is 3. The summed E-state index contributed by atoms with van der Waals surface area (Å²) in [5.74, 6) is -0.579.